The fourth-order valence-electron chi connectivity index (χ4n) is 0.784. The molecular formula is C6H11NO. The van der Waals surface area contributed by atoms with E-state index in [9.17, 15) is 4.79 Å². The smallest absolute Gasteiger partial charge is 0.217 e. The van der Waals surface area contributed by atoms with E-state index < -0.39 is 0 Å². The molecule has 1 N–H and O–H groups in total. The minimum absolute atomic E-state index is 0.0966. The minimum atomic E-state index is 0.0966. The molecule has 1 fully saturated rings. The quantitative estimate of drug-likeness (QED) is 0.528. The van der Waals surface area contributed by atoms with Crippen LogP contribution in [-0.4, -0.2) is 11.9 Å². The molecule has 2 nitrogen and oxygen atoms in total. The molecule has 0 saturated heterocycles. The van der Waals surface area contributed by atoms with Gasteiger partial charge in [-0.25, -0.2) is 0 Å². The molecule has 8 heavy (non-hydrogen) atoms. The largest absolute Gasteiger partial charge is 0.353 e. The van der Waals surface area contributed by atoms with Gasteiger partial charge in [0.25, 0.3) is 0 Å². The van der Waals surface area contributed by atoms with Crippen molar-refractivity contribution in [1.29, 1.82) is 0 Å². The fourth-order valence-corrected chi connectivity index (χ4v) is 0.784. The van der Waals surface area contributed by atoms with Crippen molar-refractivity contribution in [3.63, 3.8) is 0 Å². The number of hydrogen-bond acceptors (Lipinski definition) is 1. The summed E-state index contributed by atoms with van der Waals surface area (Å²) in [5.74, 6) is 0.818. The maximum absolute atomic E-state index is 10.3. The van der Waals surface area contributed by atoms with Crippen LogP contribution in [0.1, 0.15) is 20.3 Å². The van der Waals surface area contributed by atoms with Crippen LogP contribution in [0, 0.1) is 5.92 Å². The summed E-state index contributed by atoms with van der Waals surface area (Å²) in [5.41, 5.74) is 0. The third-order valence-electron chi connectivity index (χ3n) is 1.50. The van der Waals surface area contributed by atoms with Crippen molar-refractivity contribution in [1.82, 2.24) is 5.32 Å². The average Bonchev–Trinajstić information content (AvgIpc) is 2.17. The van der Waals surface area contributed by atoms with Crippen molar-refractivity contribution in [3.8, 4) is 0 Å². The van der Waals surface area contributed by atoms with Crippen molar-refractivity contribution in [3.05, 3.63) is 0 Å². The van der Waals surface area contributed by atoms with E-state index in [0.717, 1.165) is 5.92 Å². The number of rotatable bonds is 1. The zero-order chi connectivity index (χ0) is 6.15. The first-order valence-corrected chi connectivity index (χ1v) is 2.97. The molecule has 46 valence electrons. The van der Waals surface area contributed by atoms with E-state index in [1.807, 2.05) is 0 Å². The number of nitrogens with one attached hydrogen (secondary N) is 1. The van der Waals surface area contributed by atoms with Crippen molar-refractivity contribution >= 4 is 5.91 Å². The van der Waals surface area contributed by atoms with Gasteiger partial charge in [-0.1, -0.05) is 6.92 Å². The molecule has 1 unspecified atom stereocenters. The maximum Gasteiger partial charge on any atom is 0.217 e. The van der Waals surface area contributed by atoms with Crippen molar-refractivity contribution < 1.29 is 4.79 Å². The van der Waals surface area contributed by atoms with Gasteiger partial charge in [0.15, 0.2) is 0 Å². The van der Waals surface area contributed by atoms with Gasteiger partial charge in [-0.05, 0) is 12.3 Å². The predicted octanol–water partition coefficient (Wildman–Crippen LogP) is 0.531. The van der Waals surface area contributed by atoms with Gasteiger partial charge in [-0.3, -0.25) is 4.79 Å². The zero-order valence-electron chi connectivity index (χ0n) is 5.27. The van der Waals surface area contributed by atoms with Crippen LogP contribution in [0.3, 0.4) is 0 Å². The number of hydrogen-bond donors (Lipinski definition) is 1. The second kappa shape index (κ2) is 1.77. The van der Waals surface area contributed by atoms with Gasteiger partial charge in [0.2, 0.25) is 5.91 Å². The molecule has 0 aromatic carbocycles. The molecule has 1 amide bonds. The highest BCUT2D eigenvalue weighted by atomic mass is 16.1. The highest BCUT2D eigenvalue weighted by Crippen LogP contribution is 2.28. The van der Waals surface area contributed by atoms with Crippen LogP contribution in [-0.2, 0) is 4.79 Å². The fraction of sp³-hybridized carbons (Fsp3) is 0.833. The second-order valence-corrected chi connectivity index (χ2v) is 2.52. The van der Waals surface area contributed by atoms with E-state index in [1.54, 1.807) is 6.92 Å². The summed E-state index contributed by atoms with van der Waals surface area (Å²) >= 11 is 0. The summed E-state index contributed by atoms with van der Waals surface area (Å²) in [6, 6.07) is 0.493. The third kappa shape index (κ3) is 1.22. The van der Waals surface area contributed by atoms with Crippen LogP contribution in [0.25, 0.3) is 0 Å². The molecule has 1 rings (SSSR count). The van der Waals surface area contributed by atoms with Gasteiger partial charge in [0.05, 0.1) is 0 Å². The molecule has 0 heterocycles. The van der Waals surface area contributed by atoms with E-state index in [1.165, 1.54) is 6.42 Å². The Hall–Kier alpha value is -0.530. The molecule has 0 bridgehead atoms. The van der Waals surface area contributed by atoms with E-state index in [0.29, 0.717) is 6.04 Å². The first-order valence-electron chi connectivity index (χ1n) is 2.97. The Bertz CT molecular complexity index is 111. The Labute approximate surface area is 49.3 Å². The Balaban J connectivity index is 2.14. The van der Waals surface area contributed by atoms with Gasteiger partial charge < -0.3 is 5.32 Å². The minimum Gasteiger partial charge on any atom is -0.353 e. The molecule has 0 aromatic rings. The normalized spacial score (nSPS) is 34.2. The molecule has 0 radical (unpaired) electrons. The number of amides is 1. The lowest BCUT2D eigenvalue weighted by Crippen LogP contribution is -2.22. The van der Waals surface area contributed by atoms with Crippen LogP contribution >= 0.6 is 0 Å². The maximum atomic E-state index is 10.3. The number of carbonyl (C=O) groups excluding carboxylic acids is 1. The lowest BCUT2D eigenvalue weighted by molar-refractivity contribution is -0.119. The molecule has 0 aromatic heterocycles. The Morgan fingerprint density at radius 1 is 1.75 bits per heavy atom. The average molecular weight is 113 g/mol. The third-order valence-corrected chi connectivity index (χ3v) is 1.50. The monoisotopic (exact) mass is 113 g/mol. The van der Waals surface area contributed by atoms with E-state index in [2.05, 4.69) is 12.2 Å². The molecule has 1 saturated carbocycles. The van der Waals surface area contributed by atoms with Crippen LogP contribution in [0.5, 0.6) is 0 Å². The van der Waals surface area contributed by atoms with E-state index in [4.69, 9.17) is 0 Å². The van der Waals surface area contributed by atoms with Crippen LogP contribution < -0.4 is 5.32 Å². The van der Waals surface area contributed by atoms with Gasteiger partial charge in [-0.2, -0.15) is 0 Å². The molecular weight excluding hydrogens is 102 g/mol. The van der Waals surface area contributed by atoms with E-state index >= 15 is 0 Å². The highest BCUT2D eigenvalue weighted by molar-refractivity contribution is 5.73. The van der Waals surface area contributed by atoms with Gasteiger partial charge in [-0.15, -0.1) is 0 Å². The molecule has 0 aliphatic heterocycles. The first kappa shape index (κ1) is 5.60. The molecule has 0 spiro atoms. The van der Waals surface area contributed by atoms with Gasteiger partial charge in [0.1, 0.15) is 0 Å². The molecule has 2 heteroatoms. The summed E-state index contributed by atoms with van der Waals surface area (Å²) in [6.45, 7) is 3.70. The standard InChI is InChI=1S/C6H11NO/c1-4-3-6(4)7-5(2)8/h4,6H,3H2,1-2H3,(H,7,8)/t4?,6-/m1/s1. The predicted molar refractivity (Wildman–Crippen MR) is 31.4 cm³/mol. The van der Waals surface area contributed by atoms with Crippen molar-refractivity contribution in [2.45, 2.75) is 26.3 Å². The van der Waals surface area contributed by atoms with Crippen molar-refractivity contribution in [2.75, 3.05) is 0 Å². The van der Waals surface area contributed by atoms with Crippen LogP contribution in [0.15, 0.2) is 0 Å². The first-order chi connectivity index (χ1) is 3.70. The van der Waals surface area contributed by atoms with Crippen LogP contribution in [0.2, 0.25) is 0 Å². The second-order valence-electron chi connectivity index (χ2n) is 2.52. The lowest BCUT2D eigenvalue weighted by atomic mass is 10.5. The lowest BCUT2D eigenvalue weighted by Gasteiger charge is -1.94. The Morgan fingerprint density at radius 2 is 2.25 bits per heavy atom. The summed E-state index contributed by atoms with van der Waals surface area (Å²) in [5, 5.41) is 2.83. The van der Waals surface area contributed by atoms with Gasteiger partial charge >= 0.3 is 0 Å². The Morgan fingerprint density at radius 3 is 2.38 bits per heavy atom. The summed E-state index contributed by atoms with van der Waals surface area (Å²) in [7, 11) is 0. The number of carbonyl (C=O) groups is 1. The Kier molecular flexibility index (Phi) is 1.24. The highest BCUT2D eigenvalue weighted by Gasteiger charge is 2.32. The van der Waals surface area contributed by atoms with Crippen molar-refractivity contribution in [2.24, 2.45) is 5.92 Å². The summed E-state index contributed by atoms with van der Waals surface area (Å²) < 4.78 is 0. The van der Waals surface area contributed by atoms with Gasteiger partial charge in [0, 0.05) is 13.0 Å². The topological polar surface area (TPSA) is 29.1 Å². The van der Waals surface area contributed by atoms with Crippen LogP contribution in [0.4, 0.5) is 0 Å². The molecule has 2 atom stereocenters. The SMILES string of the molecule is CC(=O)N[C@@H]1CC1C. The summed E-state index contributed by atoms with van der Waals surface area (Å²) in [4.78, 5) is 10.3. The van der Waals surface area contributed by atoms with E-state index in [-0.39, 0.29) is 5.91 Å². The summed E-state index contributed by atoms with van der Waals surface area (Å²) in [6.07, 6.45) is 1.17. The molecule has 1 aliphatic rings. The zero-order valence-corrected chi connectivity index (χ0v) is 5.27. The molecule has 1 aliphatic carbocycles.